The van der Waals surface area contributed by atoms with Gasteiger partial charge in [-0.2, -0.15) is 18.3 Å². The molecule has 8 nitrogen and oxygen atoms in total. The SMILES string of the molecule is O=C(NCCSc1nc2c(cnn2-c2ccccc2)c(=O)[nH]1)OCC(F)(F)F. The average molecular weight is 413 g/mol. The number of aromatic amines is 1. The fourth-order valence-electron chi connectivity index (χ4n) is 2.22. The van der Waals surface area contributed by atoms with Crippen molar-refractivity contribution >= 4 is 28.9 Å². The van der Waals surface area contributed by atoms with E-state index in [4.69, 9.17) is 0 Å². The van der Waals surface area contributed by atoms with Crippen LogP contribution in [0.25, 0.3) is 16.7 Å². The molecule has 0 aliphatic rings. The summed E-state index contributed by atoms with van der Waals surface area (Å²) in [4.78, 5) is 30.3. The van der Waals surface area contributed by atoms with Crippen LogP contribution in [0.3, 0.4) is 0 Å². The summed E-state index contributed by atoms with van der Waals surface area (Å²) in [6.07, 6.45) is -4.33. The molecule has 0 aliphatic carbocycles. The van der Waals surface area contributed by atoms with Crippen molar-refractivity contribution in [1.82, 2.24) is 25.1 Å². The zero-order valence-corrected chi connectivity index (χ0v) is 15.0. The molecule has 2 heterocycles. The summed E-state index contributed by atoms with van der Waals surface area (Å²) in [5.74, 6) is 0.259. The van der Waals surface area contributed by atoms with Crippen LogP contribution in [-0.2, 0) is 4.74 Å². The van der Waals surface area contributed by atoms with Gasteiger partial charge < -0.3 is 15.0 Å². The number of rotatable bonds is 6. The first-order valence-corrected chi connectivity index (χ1v) is 8.96. The van der Waals surface area contributed by atoms with E-state index >= 15 is 0 Å². The quantitative estimate of drug-likeness (QED) is 0.366. The Labute approximate surface area is 160 Å². The van der Waals surface area contributed by atoms with Crippen molar-refractivity contribution in [2.24, 2.45) is 0 Å². The zero-order valence-electron chi connectivity index (χ0n) is 14.2. The number of ether oxygens (including phenoxy) is 1. The summed E-state index contributed by atoms with van der Waals surface area (Å²) in [7, 11) is 0. The largest absolute Gasteiger partial charge is 0.440 e. The van der Waals surface area contributed by atoms with Crippen LogP contribution in [-0.4, -0.2) is 50.9 Å². The van der Waals surface area contributed by atoms with Gasteiger partial charge in [0, 0.05) is 12.3 Å². The number of alkyl carbamates (subject to hydrolysis) is 1. The number of nitrogens with zero attached hydrogens (tertiary/aromatic N) is 3. The topological polar surface area (TPSA) is 102 Å². The minimum Gasteiger partial charge on any atom is -0.440 e. The van der Waals surface area contributed by atoms with Crippen LogP contribution in [0.15, 0.2) is 46.5 Å². The first kappa shape index (κ1) is 19.7. The Morgan fingerprint density at radius 2 is 2.04 bits per heavy atom. The molecular weight excluding hydrogens is 399 g/mol. The summed E-state index contributed by atoms with van der Waals surface area (Å²) in [5, 5.41) is 6.99. The number of fused-ring (bicyclic) bond motifs is 1. The van der Waals surface area contributed by atoms with Crippen molar-refractivity contribution in [2.75, 3.05) is 18.9 Å². The first-order chi connectivity index (χ1) is 13.3. The number of H-pyrrole nitrogens is 1. The lowest BCUT2D eigenvalue weighted by Crippen LogP contribution is -2.30. The number of carbonyl (C=O) groups is 1. The van der Waals surface area contributed by atoms with Crippen LogP contribution in [0.1, 0.15) is 0 Å². The lowest BCUT2D eigenvalue weighted by molar-refractivity contribution is -0.160. The van der Waals surface area contributed by atoms with E-state index in [1.54, 1.807) is 0 Å². The molecule has 0 bridgehead atoms. The van der Waals surface area contributed by atoms with E-state index in [0.717, 1.165) is 17.4 Å². The molecule has 1 aromatic carbocycles. The van der Waals surface area contributed by atoms with Gasteiger partial charge in [-0.3, -0.25) is 4.79 Å². The molecule has 2 aromatic heterocycles. The van der Waals surface area contributed by atoms with Gasteiger partial charge >= 0.3 is 12.3 Å². The molecule has 28 heavy (non-hydrogen) atoms. The highest BCUT2D eigenvalue weighted by Gasteiger charge is 2.29. The Bertz CT molecular complexity index is 1020. The number of alkyl halides is 3. The summed E-state index contributed by atoms with van der Waals surface area (Å²) in [6.45, 7) is -1.62. The third-order valence-corrected chi connectivity index (χ3v) is 4.27. The molecule has 3 rings (SSSR count). The van der Waals surface area contributed by atoms with Gasteiger partial charge in [-0.25, -0.2) is 14.5 Å². The summed E-state index contributed by atoms with van der Waals surface area (Å²) in [5.41, 5.74) is 0.739. The normalized spacial score (nSPS) is 11.5. The van der Waals surface area contributed by atoms with Gasteiger partial charge in [0.25, 0.3) is 5.56 Å². The van der Waals surface area contributed by atoms with Gasteiger partial charge in [-0.05, 0) is 12.1 Å². The van der Waals surface area contributed by atoms with Crippen molar-refractivity contribution in [3.8, 4) is 5.69 Å². The molecule has 0 saturated heterocycles. The number of benzene rings is 1. The van der Waals surface area contributed by atoms with Crippen LogP contribution in [0.2, 0.25) is 0 Å². The van der Waals surface area contributed by atoms with Crippen LogP contribution in [0.5, 0.6) is 0 Å². The number of hydrogen-bond donors (Lipinski definition) is 2. The second-order valence-corrected chi connectivity index (χ2v) is 6.55. The molecular formula is C16H14F3N5O3S. The highest BCUT2D eigenvalue weighted by atomic mass is 32.2. The first-order valence-electron chi connectivity index (χ1n) is 7.97. The maximum atomic E-state index is 12.2. The molecule has 3 aromatic rings. The Morgan fingerprint density at radius 3 is 2.75 bits per heavy atom. The fraction of sp³-hybridized carbons (Fsp3) is 0.250. The van der Waals surface area contributed by atoms with Gasteiger partial charge in [-0.15, -0.1) is 0 Å². The fourth-order valence-corrected chi connectivity index (χ4v) is 2.94. The molecule has 0 fully saturated rings. The molecule has 0 spiro atoms. The molecule has 0 aliphatic heterocycles. The predicted molar refractivity (Wildman–Crippen MR) is 95.6 cm³/mol. The van der Waals surface area contributed by atoms with Crippen LogP contribution < -0.4 is 10.9 Å². The van der Waals surface area contributed by atoms with Crippen LogP contribution >= 0.6 is 11.8 Å². The van der Waals surface area contributed by atoms with Crippen molar-refractivity contribution in [1.29, 1.82) is 0 Å². The van der Waals surface area contributed by atoms with Crippen LogP contribution in [0.4, 0.5) is 18.0 Å². The number of carbonyl (C=O) groups excluding carboxylic acids is 1. The monoisotopic (exact) mass is 413 g/mol. The lowest BCUT2D eigenvalue weighted by atomic mass is 10.3. The van der Waals surface area contributed by atoms with E-state index < -0.39 is 18.9 Å². The number of para-hydroxylation sites is 1. The van der Waals surface area contributed by atoms with E-state index in [0.29, 0.717) is 16.2 Å². The number of nitrogens with one attached hydrogen (secondary N) is 2. The maximum absolute atomic E-state index is 12.2. The van der Waals surface area contributed by atoms with Crippen LogP contribution in [0, 0.1) is 0 Å². The molecule has 1 amide bonds. The molecule has 12 heteroatoms. The molecule has 0 unspecified atom stereocenters. The minimum absolute atomic E-state index is 0.0288. The van der Waals surface area contributed by atoms with Gasteiger partial charge in [0.15, 0.2) is 17.4 Å². The standard InChI is InChI=1S/C16H14F3N5O3S/c17-16(18,19)9-27-15(26)20-6-7-28-14-22-12-11(13(25)23-14)8-21-24(12)10-4-2-1-3-5-10/h1-5,8H,6-7,9H2,(H,20,26)(H,22,23,25). The van der Waals surface area contributed by atoms with E-state index in [1.807, 2.05) is 30.3 Å². The highest BCUT2D eigenvalue weighted by Crippen LogP contribution is 2.17. The van der Waals surface area contributed by atoms with Gasteiger partial charge in [0.2, 0.25) is 0 Å². The summed E-state index contributed by atoms with van der Waals surface area (Å²) < 4.78 is 41.4. The van der Waals surface area contributed by atoms with Crippen molar-refractivity contribution in [2.45, 2.75) is 11.3 Å². The Morgan fingerprint density at radius 1 is 1.29 bits per heavy atom. The Kier molecular flexibility index (Phi) is 5.87. The van der Waals surface area contributed by atoms with Crippen molar-refractivity contribution in [3.63, 3.8) is 0 Å². The second kappa shape index (κ2) is 8.33. The summed E-state index contributed by atoms with van der Waals surface area (Å²) >= 11 is 1.12. The minimum atomic E-state index is -4.58. The summed E-state index contributed by atoms with van der Waals surface area (Å²) in [6, 6.07) is 9.14. The third kappa shape index (κ3) is 5.03. The maximum Gasteiger partial charge on any atom is 0.422 e. The lowest BCUT2D eigenvalue weighted by Gasteiger charge is -2.08. The van der Waals surface area contributed by atoms with Gasteiger partial charge in [0.05, 0.1) is 11.9 Å². The molecule has 0 atom stereocenters. The zero-order chi connectivity index (χ0) is 20.1. The predicted octanol–water partition coefficient (Wildman–Crippen LogP) is 2.49. The number of amides is 1. The number of halogens is 3. The third-order valence-electron chi connectivity index (χ3n) is 3.39. The number of aromatic nitrogens is 4. The van der Waals surface area contributed by atoms with Crippen molar-refractivity contribution < 1.29 is 22.7 Å². The number of thioether (sulfide) groups is 1. The second-order valence-electron chi connectivity index (χ2n) is 5.47. The molecule has 148 valence electrons. The smallest absolute Gasteiger partial charge is 0.422 e. The number of hydrogen-bond acceptors (Lipinski definition) is 6. The molecule has 2 N–H and O–H groups in total. The Balaban J connectivity index is 1.63. The van der Waals surface area contributed by atoms with Gasteiger partial charge in [0.1, 0.15) is 5.39 Å². The Hall–Kier alpha value is -3.02. The molecule has 0 saturated carbocycles. The molecule has 0 radical (unpaired) electrons. The van der Waals surface area contributed by atoms with E-state index in [-0.39, 0.29) is 17.9 Å². The van der Waals surface area contributed by atoms with Crippen molar-refractivity contribution in [3.05, 3.63) is 46.9 Å². The highest BCUT2D eigenvalue weighted by molar-refractivity contribution is 7.99. The van der Waals surface area contributed by atoms with E-state index in [2.05, 4.69) is 25.1 Å². The van der Waals surface area contributed by atoms with E-state index in [9.17, 15) is 22.8 Å². The van der Waals surface area contributed by atoms with Gasteiger partial charge in [-0.1, -0.05) is 30.0 Å². The van der Waals surface area contributed by atoms with E-state index in [1.165, 1.54) is 10.9 Å². The average Bonchev–Trinajstić information content (AvgIpc) is 3.08.